The van der Waals surface area contributed by atoms with Crippen LogP contribution in [0.1, 0.15) is 0 Å². The Balaban J connectivity index is 0.000000300. The lowest BCUT2D eigenvalue weighted by Gasteiger charge is -2.21. The van der Waals surface area contributed by atoms with Gasteiger partial charge in [-0.2, -0.15) is 0 Å². The van der Waals surface area contributed by atoms with E-state index in [2.05, 4.69) is 4.98 Å². The molecule has 0 fully saturated rings. The van der Waals surface area contributed by atoms with Crippen molar-refractivity contribution in [1.82, 2.24) is 9.66 Å². The summed E-state index contributed by atoms with van der Waals surface area (Å²) in [6.07, 6.45) is 6.45. The van der Waals surface area contributed by atoms with Crippen molar-refractivity contribution >= 4 is 34.2 Å². The molecule has 0 radical (unpaired) electrons. The van der Waals surface area contributed by atoms with Gasteiger partial charge in [-0.1, -0.05) is 0 Å². The minimum absolute atomic E-state index is 0.0989. The van der Waals surface area contributed by atoms with Gasteiger partial charge in [0.15, 0.2) is 0 Å². The second kappa shape index (κ2) is 8.94. The van der Waals surface area contributed by atoms with Gasteiger partial charge in [-0.05, 0) is 24.3 Å². The number of fused-ring (bicyclic) bond motifs is 1. The maximum absolute atomic E-state index is 10.8. The molecule has 0 saturated heterocycles. The molecule has 0 saturated carbocycles. The maximum atomic E-state index is 10.8. The van der Waals surface area contributed by atoms with Crippen LogP contribution in [-0.4, -0.2) is 43.8 Å². The van der Waals surface area contributed by atoms with Crippen LogP contribution in [0.5, 0.6) is 0 Å². The van der Waals surface area contributed by atoms with E-state index < -0.39 is 11.9 Å². The first-order chi connectivity index (χ1) is 13.3. The molecule has 10 heteroatoms. The fraction of sp³-hybridized carbons (Fsp3) is 0.0556. The minimum atomic E-state index is -1.26. The molecule has 0 atom stereocenters. The highest BCUT2D eigenvalue weighted by molar-refractivity contribution is 5.89. The first-order valence-electron chi connectivity index (χ1n) is 7.83. The summed E-state index contributed by atoms with van der Waals surface area (Å²) in [4.78, 5) is 33.5. The van der Waals surface area contributed by atoms with Gasteiger partial charge in [0, 0.05) is 55.3 Å². The van der Waals surface area contributed by atoms with Crippen LogP contribution < -0.4 is 5.01 Å². The molecule has 0 aliphatic rings. The third-order valence-electron chi connectivity index (χ3n) is 3.59. The third kappa shape index (κ3) is 5.14. The summed E-state index contributed by atoms with van der Waals surface area (Å²) in [5, 5.41) is 29.2. The molecular formula is C18H16N4O6. The Morgan fingerprint density at radius 1 is 1.11 bits per heavy atom. The van der Waals surface area contributed by atoms with Gasteiger partial charge >= 0.3 is 11.9 Å². The van der Waals surface area contributed by atoms with E-state index in [9.17, 15) is 19.7 Å². The molecule has 0 aliphatic heterocycles. The number of pyridine rings is 1. The average Bonchev–Trinajstić information content (AvgIpc) is 3.10. The Labute approximate surface area is 158 Å². The molecule has 3 rings (SSSR count). The van der Waals surface area contributed by atoms with Crippen molar-refractivity contribution in [3.63, 3.8) is 0 Å². The van der Waals surface area contributed by atoms with Crippen molar-refractivity contribution in [3.8, 4) is 0 Å². The molecule has 3 aromatic rings. The number of benzene rings is 1. The van der Waals surface area contributed by atoms with Gasteiger partial charge in [0.1, 0.15) is 0 Å². The molecule has 0 amide bonds. The highest BCUT2D eigenvalue weighted by atomic mass is 16.6. The summed E-state index contributed by atoms with van der Waals surface area (Å²) in [6.45, 7) is 0. The molecule has 0 aliphatic carbocycles. The van der Waals surface area contributed by atoms with Crippen molar-refractivity contribution in [1.29, 1.82) is 0 Å². The number of aromatic nitrogens is 2. The Hall–Kier alpha value is -4.21. The van der Waals surface area contributed by atoms with E-state index in [1.54, 1.807) is 24.5 Å². The van der Waals surface area contributed by atoms with E-state index >= 15 is 0 Å². The minimum Gasteiger partial charge on any atom is -0.478 e. The van der Waals surface area contributed by atoms with Crippen LogP contribution in [0.2, 0.25) is 0 Å². The number of hydrogen-bond acceptors (Lipinski definition) is 6. The standard InChI is InChI=1S/C14H12N4O2.C4H4O4/c1-16(12-4-7-15-8-5-12)17-9-6-11-10-13(18(19)20)2-3-14(11)17;5-3(6)1-2-4(7)8/h2-10H,1H3;1-2H,(H,5,6)(H,7,8)/b;2-1-. The zero-order valence-corrected chi connectivity index (χ0v) is 14.7. The van der Waals surface area contributed by atoms with E-state index in [-0.39, 0.29) is 10.6 Å². The zero-order chi connectivity index (χ0) is 20.7. The largest absolute Gasteiger partial charge is 0.478 e. The summed E-state index contributed by atoms with van der Waals surface area (Å²) in [6, 6.07) is 10.5. The number of anilines is 1. The van der Waals surface area contributed by atoms with Crippen LogP contribution in [0.25, 0.3) is 10.9 Å². The van der Waals surface area contributed by atoms with Gasteiger partial charge in [-0.25, -0.2) is 9.59 Å². The van der Waals surface area contributed by atoms with Crippen molar-refractivity contribution in [2.24, 2.45) is 0 Å². The Kier molecular flexibility index (Phi) is 6.42. The summed E-state index contributed by atoms with van der Waals surface area (Å²) >= 11 is 0. The molecular weight excluding hydrogens is 368 g/mol. The fourth-order valence-electron chi connectivity index (χ4n) is 2.32. The van der Waals surface area contributed by atoms with Gasteiger partial charge in [0.2, 0.25) is 0 Å². The first kappa shape index (κ1) is 20.1. The van der Waals surface area contributed by atoms with Crippen LogP contribution in [0.15, 0.2) is 67.1 Å². The summed E-state index contributed by atoms with van der Waals surface area (Å²) in [5.74, 6) is -2.51. The van der Waals surface area contributed by atoms with Crippen molar-refractivity contribution in [2.45, 2.75) is 0 Å². The normalized spacial score (nSPS) is 10.3. The van der Waals surface area contributed by atoms with E-state index in [0.29, 0.717) is 12.2 Å². The number of aliphatic carboxylic acids is 2. The van der Waals surface area contributed by atoms with Gasteiger partial charge in [0.25, 0.3) is 5.69 Å². The van der Waals surface area contributed by atoms with Crippen molar-refractivity contribution in [3.05, 3.63) is 77.3 Å². The smallest absolute Gasteiger partial charge is 0.328 e. The predicted octanol–water partition coefficient (Wildman–Crippen LogP) is 2.56. The topological polar surface area (TPSA) is 139 Å². The fourth-order valence-corrected chi connectivity index (χ4v) is 2.32. The molecule has 0 bridgehead atoms. The SMILES string of the molecule is CN(c1ccncc1)n1ccc2cc([N+](=O)[O-])ccc21.O=C(O)/C=C\C(=O)O. The maximum Gasteiger partial charge on any atom is 0.328 e. The van der Waals surface area contributed by atoms with E-state index in [0.717, 1.165) is 16.6 Å². The van der Waals surface area contributed by atoms with E-state index in [1.807, 2.05) is 41.1 Å². The van der Waals surface area contributed by atoms with Gasteiger partial charge < -0.3 is 10.2 Å². The Bertz CT molecular complexity index is 1010. The predicted molar refractivity (Wildman–Crippen MR) is 101 cm³/mol. The summed E-state index contributed by atoms with van der Waals surface area (Å²) < 4.78 is 1.94. The number of carboxylic acid groups (broad SMARTS) is 2. The lowest BCUT2D eigenvalue weighted by molar-refractivity contribution is -0.384. The van der Waals surface area contributed by atoms with Crippen LogP contribution in [0.4, 0.5) is 11.4 Å². The molecule has 0 spiro atoms. The van der Waals surface area contributed by atoms with E-state index in [4.69, 9.17) is 10.2 Å². The third-order valence-corrected chi connectivity index (χ3v) is 3.59. The van der Waals surface area contributed by atoms with Crippen molar-refractivity contribution in [2.75, 3.05) is 12.1 Å². The molecule has 0 unspecified atom stereocenters. The Morgan fingerprint density at radius 3 is 2.25 bits per heavy atom. The number of hydrogen-bond donors (Lipinski definition) is 2. The number of non-ortho nitro benzene ring substituents is 1. The van der Waals surface area contributed by atoms with Gasteiger partial charge in [-0.15, -0.1) is 0 Å². The number of rotatable bonds is 5. The zero-order valence-electron chi connectivity index (χ0n) is 14.7. The lowest BCUT2D eigenvalue weighted by Crippen LogP contribution is -2.23. The molecule has 2 N–H and O–H groups in total. The lowest BCUT2D eigenvalue weighted by atomic mass is 10.2. The van der Waals surface area contributed by atoms with Crippen LogP contribution >= 0.6 is 0 Å². The average molecular weight is 384 g/mol. The molecule has 1 aromatic carbocycles. The van der Waals surface area contributed by atoms with Crippen LogP contribution in [-0.2, 0) is 9.59 Å². The highest BCUT2D eigenvalue weighted by Crippen LogP contribution is 2.24. The summed E-state index contributed by atoms with van der Waals surface area (Å²) in [7, 11) is 1.93. The number of nitro groups is 1. The number of carbonyl (C=O) groups is 2. The monoisotopic (exact) mass is 384 g/mol. The van der Waals surface area contributed by atoms with Gasteiger partial charge in [0.05, 0.1) is 16.1 Å². The quantitative estimate of drug-likeness (QED) is 0.389. The first-order valence-corrected chi connectivity index (χ1v) is 7.83. The number of carboxylic acids is 2. The molecule has 2 aromatic heterocycles. The van der Waals surface area contributed by atoms with Gasteiger partial charge in [-0.3, -0.25) is 24.8 Å². The molecule has 28 heavy (non-hydrogen) atoms. The molecule has 10 nitrogen and oxygen atoms in total. The number of nitrogens with zero attached hydrogens (tertiary/aromatic N) is 4. The Morgan fingerprint density at radius 2 is 1.71 bits per heavy atom. The van der Waals surface area contributed by atoms with E-state index in [1.165, 1.54) is 6.07 Å². The van der Waals surface area contributed by atoms with Crippen LogP contribution in [0, 0.1) is 10.1 Å². The molecule has 2 heterocycles. The summed E-state index contributed by atoms with van der Waals surface area (Å²) in [5.41, 5.74) is 1.99. The number of nitro benzene ring substituents is 1. The van der Waals surface area contributed by atoms with Crippen molar-refractivity contribution < 1.29 is 24.7 Å². The second-order valence-corrected chi connectivity index (χ2v) is 5.40. The molecule has 144 valence electrons. The van der Waals surface area contributed by atoms with Crippen LogP contribution in [0.3, 0.4) is 0 Å². The second-order valence-electron chi connectivity index (χ2n) is 5.40. The highest BCUT2D eigenvalue weighted by Gasteiger charge is 2.11.